The van der Waals surface area contributed by atoms with Gasteiger partial charge in [0.2, 0.25) is 0 Å². The van der Waals surface area contributed by atoms with E-state index in [4.69, 9.17) is 0 Å². The van der Waals surface area contributed by atoms with Gasteiger partial charge in [0.25, 0.3) is 0 Å². The summed E-state index contributed by atoms with van der Waals surface area (Å²) in [4.78, 5) is 2.54. The maximum Gasteiger partial charge on any atom is 0.0217 e. The van der Waals surface area contributed by atoms with E-state index < -0.39 is 0 Å². The van der Waals surface area contributed by atoms with E-state index in [9.17, 15) is 0 Å². The molecule has 13 heavy (non-hydrogen) atoms. The molecule has 2 heterocycles. The number of nitrogens with one attached hydrogen (secondary N) is 1. The summed E-state index contributed by atoms with van der Waals surface area (Å²) < 4.78 is 0. The lowest BCUT2D eigenvalue weighted by molar-refractivity contribution is 0.247. The summed E-state index contributed by atoms with van der Waals surface area (Å²) in [6.45, 7) is 3.78. The molecule has 0 spiro atoms. The minimum absolute atomic E-state index is 0. The van der Waals surface area contributed by atoms with Gasteiger partial charge in [-0.05, 0) is 32.4 Å². The standard InChI is InChI=1S/C9H18N2.2ClH/c1-11-7-8-3-2-4-9(11)6-10-5-8;;/h8-10H,2-7H2,1H3;2*1H/t8-,9-;;/m0../s1. The van der Waals surface area contributed by atoms with E-state index in [1.54, 1.807) is 0 Å². The summed E-state index contributed by atoms with van der Waals surface area (Å²) in [5.74, 6) is 0.924. The summed E-state index contributed by atoms with van der Waals surface area (Å²) in [6, 6.07) is 0.822. The molecule has 0 unspecified atom stereocenters. The van der Waals surface area contributed by atoms with Gasteiger partial charge in [0.1, 0.15) is 0 Å². The predicted octanol–water partition coefficient (Wildman–Crippen LogP) is 1.53. The van der Waals surface area contributed by atoms with E-state index >= 15 is 0 Å². The van der Waals surface area contributed by atoms with E-state index in [1.807, 2.05) is 0 Å². The van der Waals surface area contributed by atoms with Gasteiger partial charge < -0.3 is 10.2 Å². The molecule has 2 atom stereocenters. The zero-order chi connectivity index (χ0) is 7.68. The fraction of sp³-hybridized carbons (Fsp3) is 1.00. The fourth-order valence-corrected chi connectivity index (χ4v) is 2.39. The summed E-state index contributed by atoms with van der Waals surface area (Å²) in [5, 5.41) is 3.54. The molecule has 0 aromatic rings. The highest BCUT2D eigenvalue weighted by Crippen LogP contribution is 2.21. The Hall–Kier alpha value is 0.500. The first kappa shape index (κ1) is 13.5. The third kappa shape index (κ3) is 3.28. The van der Waals surface area contributed by atoms with E-state index in [0.29, 0.717) is 0 Å². The van der Waals surface area contributed by atoms with Gasteiger partial charge in [0.05, 0.1) is 0 Å². The molecular formula is C9H20Cl2N2. The van der Waals surface area contributed by atoms with Gasteiger partial charge in [0.15, 0.2) is 0 Å². The van der Waals surface area contributed by atoms with Crippen molar-refractivity contribution in [1.29, 1.82) is 0 Å². The summed E-state index contributed by atoms with van der Waals surface area (Å²) in [7, 11) is 2.27. The van der Waals surface area contributed by atoms with Crippen molar-refractivity contribution in [2.75, 3.05) is 26.7 Å². The monoisotopic (exact) mass is 226 g/mol. The van der Waals surface area contributed by atoms with Crippen LogP contribution in [0.25, 0.3) is 0 Å². The van der Waals surface area contributed by atoms with Crippen LogP contribution in [0.3, 0.4) is 0 Å². The van der Waals surface area contributed by atoms with Crippen LogP contribution in [0.4, 0.5) is 0 Å². The SMILES string of the molecule is CN1C[C@H]2CCC[C@H]1CNC2.Cl.Cl. The highest BCUT2D eigenvalue weighted by atomic mass is 35.5. The van der Waals surface area contributed by atoms with Crippen LogP contribution in [0.2, 0.25) is 0 Å². The van der Waals surface area contributed by atoms with E-state index in [-0.39, 0.29) is 24.8 Å². The first-order valence-corrected chi connectivity index (χ1v) is 4.77. The van der Waals surface area contributed by atoms with Crippen LogP contribution in [-0.4, -0.2) is 37.6 Å². The first-order valence-electron chi connectivity index (χ1n) is 4.77. The number of rotatable bonds is 0. The Morgan fingerprint density at radius 2 is 1.92 bits per heavy atom. The highest BCUT2D eigenvalue weighted by Gasteiger charge is 2.25. The molecule has 2 rings (SSSR count). The highest BCUT2D eigenvalue weighted by molar-refractivity contribution is 5.85. The molecule has 2 aliphatic rings. The second-order valence-electron chi connectivity index (χ2n) is 4.05. The Balaban J connectivity index is 0.000000720. The zero-order valence-corrected chi connectivity index (χ0v) is 9.79. The van der Waals surface area contributed by atoms with Crippen LogP contribution in [-0.2, 0) is 0 Å². The van der Waals surface area contributed by atoms with Gasteiger partial charge in [-0.2, -0.15) is 0 Å². The zero-order valence-electron chi connectivity index (χ0n) is 8.16. The lowest BCUT2D eigenvalue weighted by Gasteiger charge is -2.23. The van der Waals surface area contributed by atoms with Crippen molar-refractivity contribution >= 4 is 24.8 Å². The quantitative estimate of drug-likeness (QED) is 0.675. The maximum atomic E-state index is 3.54. The molecule has 80 valence electrons. The molecule has 2 aliphatic heterocycles. The minimum atomic E-state index is 0. The molecule has 0 aliphatic carbocycles. The molecule has 0 saturated carbocycles. The molecule has 1 N–H and O–H groups in total. The van der Waals surface area contributed by atoms with E-state index in [2.05, 4.69) is 17.3 Å². The van der Waals surface area contributed by atoms with Gasteiger partial charge >= 0.3 is 0 Å². The summed E-state index contributed by atoms with van der Waals surface area (Å²) >= 11 is 0. The van der Waals surface area contributed by atoms with Gasteiger partial charge in [0, 0.05) is 19.1 Å². The molecule has 0 radical (unpaired) electrons. The topological polar surface area (TPSA) is 15.3 Å². The lowest BCUT2D eigenvalue weighted by Crippen LogP contribution is -2.36. The van der Waals surface area contributed by atoms with Crippen LogP contribution < -0.4 is 5.32 Å². The number of nitrogens with zero attached hydrogens (tertiary/aromatic N) is 1. The van der Waals surface area contributed by atoms with Crippen molar-refractivity contribution in [3.8, 4) is 0 Å². The van der Waals surface area contributed by atoms with Crippen LogP contribution in [0.5, 0.6) is 0 Å². The normalized spacial score (nSPS) is 33.9. The van der Waals surface area contributed by atoms with Crippen molar-refractivity contribution in [3.05, 3.63) is 0 Å². The molecular weight excluding hydrogens is 207 g/mol. The number of likely N-dealkylation sites (N-methyl/N-ethyl adjacent to an activating group) is 1. The molecule has 4 heteroatoms. The molecule has 2 bridgehead atoms. The lowest BCUT2D eigenvalue weighted by atomic mass is 10.0. The Bertz CT molecular complexity index is 134. The van der Waals surface area contributed by atoms with Crippen LogP contribution in [0, 0.1) is 5.92 Å². The van der Waals surface area contributed by atoms with Crippen LogP contribution in [0.1, 0.15) is 19.3 Å². The fourth-order valence-electron chi connectivity index (χ4n) is 2.39. The Kier molecular flexibility index (Phi) is 6.31. The van der Waals surface area contributed by atoms with Crippen molar-refractivity contribution in [2.45, 2.75) is 25.3 Å². The van der Waals surface area contributed by atoms with Gasteiger partial charge in [-0.3, -0.25) is 0 Å². The summed E-state index contributed by atoms with van der Waals surface area (Å²) in [6.07, 6.45) is 4.29. The van der Waals surface area contributed by atoms with Gasteiger partial charge in [-0.1, -0.05) is 6.42 Å². The van der Waals surface area contributed by atoms with Crippen LogP contribution in [0.15, 0.2) is 0 Å². The average Bonchev–Trinajstić information content (AvgIpc) is 2.16. The Labute approximate surface area is 93.3 Å². The van der Waals surface area contributed by atoms with Crippen molar-refractivity contribution in [2.24, 2.45) is 5.92 Å². The molecule has 2 saturated heterocycles. The maximum absolute atomic E-state index is 3.54. The van der Waals surface area contributed by atoms with Gasteiger partial charge in [-0.25, -0.2) is 0 Å². The molecule has 0 aromatic heterocycles. The number of halogens is 2. The van der Waals surface area contributed by atoms with Crippen LogP contribution >= 0.6 is 24.8 Å². The average molecular weight is 227 g/mol. The first-order chi connectivity index (χ1) is 5.36. The Morgan fingerprint density at radius 1 is 1.15 bits per heavy atom. The predicted molar refractivity (Wildman–Crippen MR) is 61.1 cm³/mol. The number of hydrogen-bond acceptors (Lipinski definition) is 2. The van der Waals surface area contributed by atoms with Gasteiger partial charge in [-0.15, -0.1) is 24.8 Å². The second kappa shape index (κ2) is 6.07. The second-order valence-corrected chi connectivity index (χ2v) is 4.05. The minimum Gasteiger partial charge on any atom is -0.315 e. The number of hydrogen-bond donors (Lipinski definition) is 1. The van der Waals surface area contributed by atoms with Crippen molar-refractivity contribution in [3.63, 3.8) is 0 Å². The van der Waals surface area contributed by atoms with Crippen molar-refractivity contribution in [1.82, 2.24) is 10.2 Å². The summed E-state index contributed by atoms with van der Waals surface area (Å²) in [5.41, 5.74) is 0. The van der Waals surface area contributed by atoms with Crippen molar-refractivity contribution < 1.29 is 0 Å². The molecule has 0 aromatic carbocycles. The number of fused-ring (bicyclic) bond motifs is 3. The molecule has 2 nitrogen and oxygen atoms in total. The largest absolute Gasteiger partial charge is 0.315 e. The third-order valence-corrected chi connectivity index (χ3v) is 3.13. The van der Waals surface area contributed by atoms with E-state index in [0.717, 1.165) is 12.0 Å². The molecule has 2 fully saturated rings. The third-order valence-electron chi connectivity index (χ3n) is 3.13. The van der Waals surface area contributed by atoms with E-state index in [1.165, 1.54) is 38.9 Å². The smallest absolute Gasteiger partial charge is 0.0217 e. The Morgan fingerprint density at radius 3 is 2.69 bits per heavy atom. The molecule has 0 amide bonds.